The van der Waals surface area contributed by atoms with Gasteiger partial charge in [-0.25, -0.2) is 4.79 Å². The van der Waals surface area contributed by atoms with Crippen LogP contribution in [0.25, 0.3) is 21.8 Å². The van der Waals surface area contributed by atoms with E-state index in [9.17, 15) is 14.7 Å². The Kier molecular flexibility index (Phi) is 5.40. The second-order valence-corrected chi connectivity index (χ2v) is 7.90. The molecule has 6 nitrogen and oxygen atoms in total. The first-order valence-electron chi connectivity index (χ1n) is 9.33. The molecule has 0 unspecified atom stereocenters. The molecule has 3 N–H and O–H groups in total. The number of hydrogen-bond donors (Lipinski definition) is 3. The van der Waals surface area contributed by atoms with Crippen LogP contribution in [0.1, 0.15) is 12.0 Å². The fourth-order valence-electron chi connectivity index (χ4n) is 3.56. The molecule has 0 saturated carbocycles. The van der Waals surface area contributed by atoms with Crippen LogP contribution in [0.5, 0.6) is 0 Å². The first-order chi connectivity index (χ1) is 14.0. The van der Waals surface area contributed by atoms with Gasteiger partial charge in [0, 0.05) is 52.7 Å². The molecule has 0 fully saturated rings. The van der Waals surface area contributed by atoms with Crippen LogP contribution in [0.2, 0.25) is 0 Å². The zero-order chi connectivity index (χ0) is 20.4. The van der Waals surface area contributed by atoms with Crippen molar-refractivity contribution in [2.45, 2.75) is 25.4 Å². The van der Waals surface area contributed by atoms with Crippen LogP contribution in [0, 0.1) is 0 Å². The van der Waals surface area contributed by atoms with E-state index >= 15 is 0 Å². The van der Waals surface area contributed by atoms with Gasteiger partial charge in [0.1, 0.15) is 6.04 Å². The number of aryl methyl sites for hydroxylation is 1. The van der Waals surface area contributed by atoms with Gasteiger partial charge < -0.3 is 20.0 Å². The third kappa shape index (κ3) is 4.19. The van der Waals surface area contributed by atoms with Gasteiger partial charge in [0.25, 0.3) is 0 Å². The van der Waals surface area contributed by atoms with Crippen molar-refractivity contribution in [2.24, 2.45) is 0 Å². The van der Waals surface area contributed by atoms with Crippen molar-refractivity contribution in [3.8, 4) is 0 Å². The molecule has 1 amide bonds. The number of nitrogens with zero attached hydrogens (tertiary/aromatic N) is 1. The van der Waals surface area contributed by atoms with Gasteiger partial charge in [-0.15, -0.1) is 0 Å². The number of aromatic amines is 1. The van der Waals surface area contributed by atoms with Crippen molar-refractivity contribution in [3.05, 3.63) is 71.0 Å². The summed E-state index contributed by atoms with van der Waals surface area (Å²) < 4.78 is 2.97. The first kappa shape index (κ1) is 19.3. The number of para-hydroxylation sites is 1. The summed E-state index contributed by atoms with van der Waals surface area (Å²) in [5.74, 6) is -1.33. The maximum absolute atomic E-state index is 12.4. The van der Waals surface area contributed by atoms with Gasteiger partial charge in [-0.3, -0.25) is 4.79 Å². The predicted molar refractivity (Wildman–Crippen MR) is 116 cm³/mol. The fraction of sp³-hybridized carbons (Fsp3) is 0.182. The summed E-state index contributed by atoms with van der Waals surface area (Å²) in [4.78, 5) is 27.3. The predicted octanol–water partition coefficient (Wildman–Crippen LogP) is 4.09. The molecule has 0 spiro atoms. The van der Waals surface area contributed by atoms with Crippen LogP contribution in [-0.4, -0.2) is 32.6 Å². The van der Waals surface area contributed by atoms with Gasteiger partial charge in [0.2, 0.25) is 5.91 Å². The average Bonchev–Trinajstić information content (AvgIpc) is 3.29. The molecule has 7 heteroatoms. The molecular weight excluding hydrogens is 434 g/mol. The summed E-state index contributed by atoms with van der Waals surface area (Å²) in [6, 6.07) is 14.7. The molecular formula is C22H20BrN3O3. The highest BCUT2D eigenvalue weighted by Crippen LogP contribution is 2.21. The lowest BCUT2D eigenvalue weighted by atomic mass is 10.0. The van der Waals surface area contributed by atoms with Gasteiger partial charge in [-0.05, 0) is 35.2 Å². The van der Waals surface area contributed by atoms with E-state index in [-0.39, 0.29) is 18.7 Å². The number of halogens is 1. The number of carboxylic acids is 1. The van der Waals surface area contributed by atoms with Crippen molar-refractivity contribution >= 4 is 49.6 Å². The number of fused-ring (bicyclic) bond motifs is 2. The molecule has 0 aliphatic carbocycles. The molecule has 4 aromatic rings. The highest BCUT2D eigenvalue weighted by Gasteiger charge is 2.21. The molecule has 0 bridgehead atoms. The van der Waals surface area contributed by atoms with E-state index in [1.807, 2.05) is 59.3 Å². The molecule has 2 heterocycles. The minimum absolute atomic E-state index is 0.202. The summed E-state index contributed by atoms with van der Waals surface area (Å²) in [6.45, 7) is 0.477. The fourth-order valence-corrected chi connectivity index (χ4v) is 3.91. The van der Waals surface area contributed by atoms with Crippen LogP contribution in [0.15, 0.2) is 65.4 Å². The van der Waals surface area contributed by atoms with E-state index in [2.05, 4.69) is 26.2 Å². The van der Waals surface area contributed by atoms with Crippen molar-refractivity contribution in [2.75, 3.05) is 0 Å². The molecule has 29 heavy (non-hydrogen) atoms. The van der Waals surface area contributed by atoms with Crippen LogP contribution in [0.3, 0.4) is 0 Å². The summed E-state index contributed by atoms with van der Waals surface area (Å²) in [7, 11) is 0. The smallest absolute Gasteiger partial charge is 0.326 e. The van der Waals surface area contributed by atoms with E-state index in [4.69, 9.17) is 0 Å². The first-order valence-corrected chi connectivity index (χ1v) is 10.1. The number of nitrogens with one attached hydrogen (secondary N) is 2. The topological polar surface area (TPSA) is 87.1 Å². The number of benzene rings is 2. The van der Waals surface area contributed by atoms with E-state index in [0.29, 0.717) is 6.54 Å². The van der Waals surface area contributed by atoms with Crippen molar-refractivity contribution in [1.82, 2.24) is 14.9 Å². The third-order valence-electron chi connectivity index (χ3n) is 5.05. The third-order valence-corrected chi connectivity index (χ3v) is 5.54. The van der Waals surface area contributed by atoms with Crippen molar-refractivity contribution in [3.63, 3.8) is 0 Å². The lowest BCUT2D eigenvalue weighted by Gasteiger charge is -2.15. The minimum atomic E-state index is -1.04. The number of carboxylic acid groups (broad SMARTS) is 1. The SMILES string of the molecule is O=C(CCn1ccc2ccc(Br)cc21)N[C@H](Cc1c[nH]c2ccccc12)C(=O)O. The van der Waals surface area contributed by atoms with E-state index in [0.717, 1.165) is 31.8 Å². The zero-order valence-electron chi connectivity index (χ0n) is 15.6. The highest BCUT2D eigenvalue weighted by molar-refractivity contribution is 9.10. The van der Waals surface area contributed by atoms with Gasteiger partial charge in [0.15, 0.2) is 0 Å². The normalized spacial score (nSPS) is 12.3. The quantitative estimate of drug-likeness (QED) is 0.393. The maximum atomic E-state index is 12.4. The van der Waals surface area contributed by atoms with Crippen LogP contribution in [0.4, 0.5) is 0 Å². The number of amides is 1. The summed E-state index contributed by atoms with van der Waals surface area (Å²) in [5.41, 5.74) is 2.85. The highest BCUT2D eigenvalue weighted by atomic mass is 79.9. The second kappa shape index (κ2) is 8.13. The summed E-state index contributed by atoms with van der Waals surface area (Å²) in [5, 5.41) is 14.3. The van der Waals surface area contributed by atoms with Crippen molar-refractivity contribution < 1.29 is 14.7 Å². The number of rotatable bonds is 7. The Labute approximate surface area is 175 Å². The summed E-state index contributed by atoms with van der Waals surface area (Å²) >= 11 is 3.46. The molecule has 2 aromatic heterocycles. The van der Waals surface area contributed by atoms with Gasteiger partial charge in [-0.2, -0.15) is 0 Å². The average molecular weight is 454 g/mol. The Morgan fingerprint density at radius 3 is 2.83 bits per heavy atom. The van der Waals surface area contributed by atoms with Crippen LogP contribution in [-0.2, 0) is 22.6 Å². The molecule has 4 rings (SSSR count). The van der Waals surface area contributed by atoms with E-state index in [1.165, 1.54) is 0 Å². The van der Waals surface area contributed by atoms with Gasteiger partial charge in [-0.1, -0.05) is 40.2 Å². The number of hydrogen-bond acceptors (Lipinski definition) is 2. The number of carbonyl (C=O) groups excluding carboxylic acids is 1. The Morgan fingerprint density at radius 2 is 2.00 bits per heavy atom. The van der Waals surface area contributed by atoms with E-state index < -0.39 is 12.0 Å². The van der Waals surface area contributed by atoms with Crippen LogP contribution < -0.4 is 5.32 Å². The lowest BCUT2D eigenvalue weighted by Crippen LogP contribution is -2.42. The molecule has 0 saturated heterocycles. The Balaban J connectivity index is 1.42. The summed E-state index contributed by atoms with van der Waals surface area (Å²) in [6.07, 6.45) is 4.17. The molecule has 2 aromatic carbocycles. The number of aromatic nitrogens is 2. The second-order valence-electron chi connectivity index (χ2n) is 6.98. The van der Waals surface area contributed by atoms with E-state index in [1.54, 1.807) is 6.20 Å². The molecule has 0 radical (unpaired) electrons. The minimum Gasteiger partial charge on any atom is -0.480 e. The Bertz CT molecular complexity index is 1190. The lowest BCUT2D eigenvalue weighted by molar-refractivity contribution is -0.141. The maximum Gasteiger partial charge on any atom is 0.326 e. The molecule has 1 atom stereocenters. The van der Waals surface area contributed by atoms with Gasteiger partial charge >= 0.3 is 5.97 Å². The Morgan fingerprint density at radius 1 is 1.17 bits per heavy atom. The Hall–Kier alpha value is -3.06. The monoisotopic (exact) mass is 453 g/mol. The molecule has 148 valence electrons. The number of carbonyl (C=O) groups is 2. The van der Waals surface area contributed by atoms with Crippen LogP contribution >= 0.6 is 15.9 Å². The number of H-pyrrole nitrogens is 1. The van der Waals surface area contributed by atoms with Gasteiger partial charge in [0.05, 0.1) is 0 Å². The molecule has 0 aliphatic rings. The largest absolute Gasteiger partial charge is 0.480 e. The standard InChI is InChI=1S/C22H20BrN3O3/c23-16-6-5-14-7-9-26(20(14)12-16)10-8-21(27)25-19(22(28)29)11-15-13-24-18-4-2-1-3-17(15)18/h1-7,9,12-13,19,24H,8,10-11H2,(H,25,27)(H,28,29)/t19-/m1/s1. The van der Waals surface area contributed by atoms with Crippen molar-refractivity contribution in [1.29, 1.82) is 0 Å². The molecule has 0 aliphatic heterocycles. The number of aliphatic carboxylic acids is 1. The zero-order valence-corrected chi connectivity index (χ0v) is 17.1.